The first-order valence-electron chi connectivity index (χ1n) is 16.6. The number of hydrogen-bond donors (Lipinski definition) is 4. The second-order valence-corrected chi connectivity index (χ2v) is 15.2. The number of aliphatic hydroxyl groups is 1. The molecule has 4 N–H and O–H groups in total. The van der Waals surface area contributed by atoms with E-state index in [1.807, 2.05) is 4.72 Å². The monoisotopic (exact) mass is 769 g/mol. The van der Waals surface area contributed by atoms with Crippen LogP contribution in [0.4, 0.5) is 14.5 Å². The molecule has 0 bridgehead atoms. The highest BCUT2D eigenvalue weighted by Crippen LogP contribution is 2.24. The molecule has 14 nitrogen and oxygen atoms in total. The normalized spacial score (nSPS) is 12.3. The lowest BCUT2D eigenvalue weighted by molar-refractivity contribution is -0.149. The van der Waals surface area contributed by atoms with Crippen molar-refractivity contribution < 1.29 is 41.4 Å². The Morgan fingerprint density at radius 1 is 0.926 bits per heavy atom. The first kappa shape index (κ1) is 41.1. The Morgan fingerprint density at radius 3 is 2.11 bits per heavy atom. The number of anilines is 1. The van der Waals surface area contributed by atoms with Gasteiger partial charge in [0.15, 0.2) is 0 Å². The van der Waals surface area contributed by atoms with Crippen LogP contribution in [0.2, 0.25) is 0 Å². The number of halogens is 2. The molecule has 2 amide bonds. The van der Waals surface area contributed by atoms with Crippen molar-refractivity contribution in [2.24, 2.45) is 7.05 Å². The van der Waals surface area contributed by atoms with E-state index in [1.54, 1.807) is 41.5 Å². The number of carbonyl (C=O) groups is 3. The fourth-order valence-electron chi connectivity index (χ4n) is 5.15. The van der Waals surface area contributed by atoms with E-state index < -0.39 is 79.6 Å². The summed E-state index contributed by atoms with van der Waals surface area (Å²) >= 11 is 0. The Bertz CT molecular complexity index is 2280. The number of benzene rings is 3. The van der Waals surface area contributed by atoms with Gasteiger partial charge < -0.3 is 25.0 Å². The average Bonchev–Trinajstić information content (AvgIpc) is 3.11. The van der Waals surface area contributed by atoms with Gasteiger partial charge in [0, 0.05) is 36.4 Å². The minimum atomic E-state index is -4.50. The van der Waals surface area contributed by atoms with Gasteiger partial charge in [-0.1, -0.05) is 12.1 Å². The second-order valence-electron chi connectivity index (χ2n) is 13.5. The Kier molecular flexibility index (Phi) is 12.3. The number of nitrogens with zero attached hydrogens (tertiary/aromatic N) is 2. The Morgan fingerprint density at radius 2 is 1.54 bits per heavy atom. The van der Waals surface area contributed by atoms with E-state index in [1.165, 1.54) is 48.0 Å². The molecule has 1 heterocycles. The first-order chi connectivity index (χ1) is 25.1. The fourth-order valence-corrected chi connectivity index (χ4v) is 6.21. The number of aliphatic hydroxyl groups excluding tert-OH is 1. The van der Waals surface area contributed by atoms with Crippen LogP contribution < -0.4 is 26.6 Å². The molecule has 0 saturated heterocycles. The molecule has 1 aromatic heterocycles. The summed E-state index contributed by atoms with van der Waals surface area (Å²) in [6.45, 7) is 9.23. The molecule has 1 atom stereocenters. The first-order valence-corrected chi connectivity index (χ1v) is 18.1. The van der Waals surface area contributed by atoms with Crippen LogP contribution in [0.5, 0.6) is 0 Å². The molecule has 0 aliphatic rings. The van der Waals surface area contributed by atoms with Crippen LogP contribution >= 0.6 is 0 Å². The molecule has 0 radical (unpaired) electrons. The van der Waals surface area contributed by atoms with Crippen LogP contribution in [-0.2, 0) is 33.0 Å². The van der Waals surface area contributed by atoms with Crippen LogP contribution in [-0.4, -0.2) is 64.7 Å². The number of nitrogens with one attached hydrogen (secondary N) is 3. The SMILES string of the molecule is Cc1c(C)n(C)c(=O)n(-c2ccc(C[C@H](NC(=O)c3cc(F)c(NS(=O)(=O)c4ccc(C(=O)NC(C)(C)CO)cc4)cc3F)C(=O)OC(C)C)cc2)c1=O. The molecule has 0 unspecified atom stereocenters. The zero-order chi connectivity index (χ0) is 40.3. The number of carbonyl (C=O) groups excluding carboxylic acids is 3. The van der Waals surface area contributed by atoms with E-state index in [2.05, 4.69) is 10.6 Å². The lowest BCUT2D eigenvalue weighted by Crippen LogP contribution is -2.46. The molecule has 0 aliphatic heterocycles. The minimum absolute atomic E-state index is 0.0805. The summed E-state index contributed by atoms with van der Waals surface area (Å²) in [4.78, 5) is 64.1. The van der Waals surface area contributed by atoms with Crippen LogP contribution in [0.15, 0.2) is 75.1 Å². The number of hydrogen-bond acceptors (Lipinski definition) is 9. The zero-order valence-corrected chi connectivity index (χ0v) is 31.4. The van der Waals surface area contributed by atoms with Crippen molar-refractivity contribution in [2.45, 2.75) is 70.5 Å². The van der Waals surface area contributed by atoms with Crippen molar-refractivity contribution in [2.75, 3.05) is 11.3 Å². The van der Waals surface area contributed by atoms with Gasteiger partial charge >= 0.3 is 11.7 Å². The summed E-state index contributed by atoms with van der Waals surface area (Å²) < 4.78 is 66.1. The van der Waals surface area contributed by atoms with Crippen molar-refractivity contribution in [3.05, 3.63) is 121 Å². The zero-order valence-electron chi connectivity index (χ0n) is 30.6. The summed E-state index contributed by atoms with van der Waals surface area (Å²) in [5.74, 6) is -5.29. The number of esters is 1. The van der Waals surface area contributed by atoms with Gasteiger partial charge in [-0.25, -0.2) is 31.4 Å². The van der Waals surface area contributed by atoms with E-state index >= 15 is 8.78 Å². The van der Waals surface area contributed by atoms with Crippen molar-refractivity contribution in [1.29, 1.82) is 0 Å². The topological polar surface area (TPSA) is 195 Å². The molecule has 4 rings (SSSR count). The standard InChI is InChI=1S/C37H41F2N5O9S/c1-20(2)53-35(49)31(16-23-8-12-25(13-9-23)44-34(48)21(3)22(4)43(7)36(44)50)40-33(47)27-17-29(39)30(18-28(27)38)42-54(51,52)26-14-10-24(11-15-26)32(46)41-37(5,6)19-45/h8-15,17-18,20,31,42,45H,16,19H2,1-7H3,(H,40,47)(H,41,46)/t31-/m0/s1. The van der Waals surface area contributed by atoms with Gasteiger partial charge in [0.25, 0.3) is 27.4 Å². The predicted octanol–water partition coefficient (Wildman–Crippen LogP) is 3.03. The molecule has 0 spiro atoms. The Balaban J connectivity index is 1.54. The van der Waals surface area contributed by atoms with E-state index in [0.29, 0.717) is 29.0 Å². The van der Waals surface area contributed by atoms with Gasteiger partial charge in [-0.2, -0.15) is 0 Å². The third-order valence-electron chi connectivity index (χ3n) is 8.44. The number of sulfonamides is 1. The van der Waals surface area contributed by atoms with Crippen LogP contribution in [0.25, 0.3) is 5.69 Å². The number of ether oxygens (including phenoxy) is 1. The summed E-state index contributed by atoms with van der Waals surface area (Å²) in [5, 5.41) is 14.3. The van der Waals surface area contributed by atoms with Crippen LogP contribution in [0.3, 0.4) is 0 Å². The maximum absolute atomic E-state index is 15.3. The molecule has 4 aromatic rings. The second kappa shape index (κ2) is 16.1. The van der Waals surface area contributed by atoms with Gasteiger partial charge in [0.1, 0.15) is 17.7 Å². The molecule has 0 aliphatic carbocycles. The van der Waals surface area contributed by atoms with E-state index in [9.17, 15) is 37.5 Å². The molecule has 0 saturated carbocycles. The van der Waals surface area contributed by atoms with Gasteiger partial charge in [-0.3, -0.25) is 19.1 Å². The van der Waals surface area contributed by atoms with Crippen LogP contribution in [0, 0.1) is 25.5 Å². The molecule has 0 fully saturated rings. The third kappa shape index (κ3) is 9.27. The average molecular weight is 770 g/mol. The summed E-state index contributed by atoms with van der Waals surface area (Å²) in [6.07, 6.45) is -0.778. The molecule has 3 aromatic carbocycles. The van der Waals surface area contributed by atoms with Gasteiger partial charge in [0.05, 0.1) is 40.1 Å². The van der Waals surface area contributed by atoms with Crippen molar-refractivity contribution in [1.82, 2.24) is 19.8 Å². The smallest absolute Gasteiger partial charge is 0.335 e. The van der Waals surface area contributed by atoms with Crippen LogP contribution in [0.1, 0.15) is 65.2 Å². The molecular weight excluding hydrogens is 728 g/mol. The van der Waals surface area contributed by atoms with Gasteiger partial charge in [0.2, 0.25) is 0 Å². The Hall–Kier alpha value is -5.68. The molecular formula is C37H41F2N5O9S. The van der Waals surface area contributed by atoms with Gasteiger partial charge in [-0.15, -0.1) is 0 Å². The maximum Gasteiger partial charge on any atom is 0.335 e. The molecule has 288 valence electrons. The highest BCUT2D eigenvalue weighted by molar-refractivity contribution is 7.92. The number of rotatable bonds is 13. The van der Waals surface area contributed by atoms with Crippen molar-refractivity contribution >= 4 is 33.5 Å². The number of amides is 2. The maximum atomic E-state index is 15.3. The predicted molar refractivity (Wildman–Crippen MR) is 195 cm³/mol. The molecule has 17 heteroatoms. The summed E-state index contributed by atoms with van der Waals surface area (Å²) in [6, 6.07) is 10.1. The van der Waals surface area contributed by atoms with Gasteiger partial charge in [-0.05, 0) is 89.6 Å². The minimum Gasteiger partial charge on any atom is -0.461 e. The van der Waals surface area contributed by atoms with E-state index in [4.69, 9.17) is 4.74 Å². The highest BCUT2D eigenvalue weighted by atomic mass is 32.2. The quantitative estimate of drug-likeness (QED) is 0.148. The summed E-state index contributed by atoms with van der Waals surface area (Å²) in [5.41, 5.74) is -1.95. The fraction of sp³-hybridized carbons (Fsp3) is 0.324. The van der Waals surface area contributed by atoms with Crippen molar-refractivity contribution in [3.8, 4) is 5.69 Å². The molecule has 54 heavy (non-hydrogen) atoms. The largest absolute Gasteiger partial charge is 0.461 e. The third-order valence-corrected chi connectivity index (χ3v) is 9.83. The van der Waals surface area contributed by atoms with E-state index in [0.717, 1.165) is 16.7 Å². The van der Waals surface area contributed by atoms with Crippen molar-refractivity contribution in [3.63, 3.8) is 0 Å². The Labute approximate surface area is 309 Å². The number of aromatic nitrogens is 2. The lowest BCUT2D eigenvalue weighted by atomic mass is 10.0. The summed E-state index contributed by atoms with van der Waals surface area (Å²) in [7, 11) is -2.97. The lowest BCUT2D eigenvalue weighted by Gasteiger charge is -2.23. The van der Waals surface area contributed by atoms with E-state index in [-0.39, 0.29) is 29.2 Å². The highest BCUT2D eigenvalue weighted by Gasteiger charge is 2.28.